The Hall–Kier alpha value is -2.00. The van der Waals surface area contributed by atoms with Gasteiger partial charge in [-0.3, -0.25) is 0 Å². The summed E-state index contributed by atoms with van der Waals surface area (Å²) in [6.45, 7) is 4.99. The van der Waals surface area contributed by atoms with Crippen LogP contribution in [0.2, 0.25) is 0 Å². The summed E-state index contributed by atoms with van der Waals surface area (Å²) in [6, 6.07) is 19.2. The summed E-state index contributed by atoms with van der Waals surface area (Å²) in [5, 5.41) is 21.3. The van der Waals surface area contributed by atoms with Crippen molar-refractivity contribution < 1.29 is 19.7 Å². The SMILES string of the molecule is Cc1cc(Br)c(O)c(-c2cc(Br)ccc2OCCCCOc2ccc(Br)cc2-c2cc(C)cc(Br)c2O)c1. The molecule has 4 aromatic rings. The Kier molecular flexibility index (Phi) is 9.84. The molecule has 0 heterocycles. The number of rotatable bonds is 9. The van der Waals surface area contributed by atoms with Crippen molar-refractivity contribution in [3.8, 4) is 45.3 Å². The molecule has 4 nitrogen and oxygen atoms in total. The van der Waals surface area contributed by atoms with Crippen molar-refractivity contribution in [2.45, 2.75) is 26.7 Å². The zero-order valence-electron chi connectivity index (χ0n) is 20.8. The Bertz CT molecular complexity index is 1360. The normalized spacial score (nSPS) is 11.0. The van der Waals surface area contributed by atoms with Gasteiger partial charge in [-0.25, -0.2) is 0 Å². The van der Waals surface area contributed by atoms with Gasteiger partial charge in [-0.2, -0.15) is 0 Å². The van der Waals surface area contributed by atoms with E-state index in [-0.39, 0.29) is 11.5 Å². The molecule has 0 amide bonds. The minimum Gasteiger partial charge on any atom is -0.506 e. The summed E-state index contributed by atoms with van der Waals surface area (Å²) in [5.41, 5.74) is 5.13. The van der Waals surface area contributed by atoms with Crippen LogP contribution in [0.1, 0.15) is 24.0 Å². The highest BCUT2D eigenvalue weighted by Crippen LogP contribution is 2.43. The maximum absolute atomic E-state index is 10.7. The Morgan fingerprint density at radius 3 is 1.34 bits per heavy atom. The van der Waals surface area contributed by atoms with E-state index in [4.69, 9.17) is 9.47 Å². The highest BCUT2D eigenvalue weighted by Gasteiger charge is 2.16. The van der Waals surface area contributed by atoms with Crippen LogP contribution >= 0.6 is 63.7 Å². The predicted molar refractivity (Wildman–Crippen MR) is 168 cm³/mol. The largest absolute Gasteiger partial charge is 0.506 e. The lowest BCUT2D eigenvalue weighted by atomic mass is 10.0. The zero-order chi connectivity index (χ0) is 27.4. The molecule has 0 bridgehead atoms. The van der Waals surface area contributed by atoms with E-state index < -0.39 is 0 Å². The first-order valence-electron chi connectivity index (χ1n) is 12.0. The Labute approximate surface area is 256 Å². The highest BCUT2D eigenvalue weighted by atomic mass is 79.9. The number of benzene rings is 4. The van der Waals surface area contributed by atoms with Gasteiger partial charge in [0.15, 0.2) is 0 Å². The van der Waals surface area contributed by atoms with E-state index in [2.05, 4.69) is 63.7 Å². The lowest BCUT2D eigenvalue weighted by molar-refractivity contribution is 0.267. The summed E-state index contributed by atoms with van der Waals surface area (Å²) in [5.74, 6) is 1.78. The van der Waals surface area contributed by atoms with Crippen LogP contribution in [0, 0.1) is 13.8 Å². The van der Waals surface area contributed by atoms with Crippen LogP contribution in [0.3, 0.4) is 0 Å². The fourth-order valence-corrected chi connectivity index (χ4v) is 6.00. The third-order valence-corrected chi connectivity index (χ3v) is 8.13. The van der Waals surface area contributed by atoms with Gasteiger partial charge in [-0.05, 0) is 130 Å². The summed E-state index contributed by atoms with van der Waals surface area (Å²) < 4.78 is 15.4. The van der Waals surface area contributed by atoms with E-state index in [1.165, 1.54) is 0 Å². The van der Waals surface area contributed by atoms with Gasteiger partial charge < -0.3 is 19.7 Å². The summed E-state index contributed by atoms with van der Waals surface area (Å²) in [4.78, 5) is 0. The molecule has 0 spiro atoms. The number of halogens is 4. The average Bonchev–Trinajstić information content (AvgIpc) is 2.87. The fourth-order valence-electron chi connectivity index (χ4n) is 4.13. The van der Waals surface area contributed by atoms with Crippen LogP contribution in [-0.2, 0) is 0 Å². The topological polar surface area (TPSA) is 58.9 Å². The van der Waals surface area contributed by atoms with Gasteiger partial charge in [0.1, 0.15) is 23.0 Å². The van der Waals surface area contributed by atoms with Crippen LogP contribution in [0.25, 0.3) is 22.3 Å². The predicted octanol–water partition coefficient (Wildman–Crippen LogP) is 10.3. The molecule has 0 aromatic heterocycles. The Morgan fingerprint density at radius 2 is 0.947 bits per heavy atom. The quantitative estimate of drug-likeness (QED) is 0.167. The molecule has 0 unspecified atom stereocenters. The molecule has 0 aliphatic heterocycles. The third-order valence-electron chi connectivity index (χ3n) is 5.93. The smallest absolute Gasteiger partial charge is 0.137 e. The van der Waals surface area contributed by atoms with E-state index in [9.17, 15) is 10.2 Å². The van der Waals surface area contributed by atoms with Crippen LogP contribution in [0.5, 0.6) is 23.0 Å². The molecule has 2 N–H and O–H groups in total. The molecule has 0 saturated carbocycles. The number of unbranched alkanes of at least 4 members (excludes halogenated alkanes) is 1. The van der Waals surface area contributed by atoms with Crippen molar-refractivity contribution in [3.05, 3.63) is 89.7 Å². The van der Waals surface area contributed by atoms with Gasteiger partial charge >= 0.3 is 0 Å². The maximum atomic E-state index is 10.7. The Morgan fingerprint density at radius 1 is 0.553 bits per heavy atom. The minimum absolute atomic E-state index is 0.184. The van der Waals surface area contributed by atoms with Gasteiger partial charge in [0.2, 0.25) is 0 Å². The second kappa shape index (κ2) is 12.9. The van der Waals surface area contributed by atoms with Crippen molar-refractivity contribution in [1.82, 2.24) is 0 Å². The molecule has 4 rings (SSSR count). The monoisotopic (exact) mass is 766 g/mol. The van der Waals surface area contributed by atoms with Crippen molar-refractivity contribution in [2.24, 2.45) is 0 Å². The summed E-state index contributed by atoms with van der Waals surface area (Å²) in [7, 11) is 0. The first kappa shape index (κ1) is 29.0. The second-order valence-electron chi connectivity index (χ2n) is 8.97. The van der Waals surface area contributed by atoms with E-state index >= 15 is 0 Å². The number of aromatic hydroxyl groups is 2. The fraction of sp³-hybridized carbons (Fsp3) is 0.200. The van der Waals surface area contributed by atoms with E-state index in [0.29, 0.717) is 44.8 Å². The lowest BCUT2D eigenvalue weighted by Crippen LogP contribution is -2.04. The first-order valence-corrected chi connectivity index (χ1v) is 15.1. The molecule has 4 aromatic carbocycles. The van der Waals surface area contributed by atoms with E-state index in [1.807, 2.05) is 74.5 Å². The van der Waals surface area contributed by atoms with E-state index in [0.717, 1.165) is 44.0 Å². The number of aryl methyl sites for hydroxylation is 2. The molecule has 38 heavy (non-hydrogen) atoms. The molecule has 0 radical (unpaired) electrons. The molecule has 0 aliphatic rings. The third kappa shape index (κ3) is 6.95. The molecular weight excluding hydrogens is 744 g/mol. The summed E-state index contributed by atoms with van der Waals surface area (Å²) >= 11 is 13.9. The van der Waals surface area contributed by atoms with Gasteiger partial charge in [0, 0.05) is 31.2 Å². The summed E-state index contributed by atoms with van der Waals surface area (Å²) in [6.07, 6.45) is 1.57. The van der Waals surface area contributed by atoms with Gasteiger partial charge in [0.25, 0.3) is 0 Å². The standard InChI is InChI=1S/C30H26Br4O4/c1-17-11-23(29(35)25(33)13-17)21-15-19(31)5-7-27(21)37-9-3-4-10-38-28-8-6-20(32)16-22(28)24-12-18(2)14-26(34)30(24)36/h5-8,11-16,35-36H,3-4,9-10H2,1-2H3. The number of hydrogen-bond donors (Lipinski definition) is 2. The number of phenols is 2. The van der Waals surface area contributed by atoms with Crippen LogP contribution < -0.4 is 9.47 Å². The Balaban J connectivity index is 1.41. The first-order chi connectivity index (χ1) is 18.1. The zero-order valence-corrected chi connectivity index (χ0v) is 27.2. The van der Waals surface area contributed by atoms with Crippen LogP contribution in [-0.4, -0.2) is 23.4 Å². The average molecular weight is 770 g/mol. The number of phenolic OH excluding ortho intramolecular Hbond substituents is 2. The number of ether oxygens (including phenoxy) is 2. The lowest BCUT2D eigenvalue weighted by Gasteiger charge is -2.16. The van der Waals surface area contributed by atoms with Gasteiger partial charge in [-0.1, -0.05) is 31.9 Å². The number of hydrogen-bond acceptors (Lipinski definition) is 4. The van der Waals surface area contributed by atoms with Crippen molar-refractivity contribution in [1.29, 1.82) is 0 Å². The second-order valence-corrected chi connectivity index (χ2v) is 12.5. The molecular formula is C30H26Br4O4. The molecule has 8 heteroatoms. The molecule has 0 aliphatic carbocycles. The van der Waals surface area contributed by atoms with Crippen molar-refractivity contribution >= 4 is 63.7 Å². The molecule has 198 valence electrons. The maximum Gasteiger partial charge on any atom is 0.137 e. The molecule has 0 atom stereocenters. The van der Waals surface area contributed by atoms with Crippen LogP contribution in [0.15, 0.2) is 78.6 Å². The molecule has 0 fully saturated rings. The van der Waals surface area contributed by atoms with Crippen molar-refractivity contribution in [2.75, 3.05) is 13.2 Å². The van der Waals surface area contributed by atoms with Gasteiger partial charge in [0.05, 0.1) is 22.2 Å². The van der Waals surface area contributed by atoms with Gasteiger partial charge in [-0.15, -0.1) is 0 Å². The highest BCUT2D eigenvalue weighted by molar-refractivity contribution is 9.11. The van der Waals surface area contributed by atoms with Crippen molar-refractivity contribution in [3.63, 3.8) is 0 Å². The molecule has 0 saturated heterocycles. The minimum atomic E-state index is 0.184. The van der Waals surface area contributed by atoms with Crippen LogP contribution in [0.4, 0.5) is 0 Å². The van der Waals surface area contributed by atoms with E-state index in [1.54, 1.807) is 0 Å².